The summed E-state index contributed by atoms with van der Waals surface area (Å²) in [7, 11) is 4.61. The van der Waals surface area contributed by atoms with Crippen LogP contribution in [0.25, 0.3) is 22.0 Å². The highest BCUT2D eigenvalue weighted by Gasteiger charge is 2.22. The highest BCUT2D eigenvalue weighted by atomic mass is 16.7. The number of aliphatic hydroxyl groups excluding tert-OH is 1. The average molecular weight is 457 g/mol. The van der Waals surface area contributed by atoms with E-state index in [1.807, 2.05) is 18.2 Å². The van der Waals surface area contributed by atoms with Crippen molar-refractivity contribution < 1.29 is 33.5 Å². The minimum atomic E-state index is -0.207. The normalized spacial score (nSPS) is 12.4. The number of hydrogen-bond donors (Lipinski definition) is 1. The summed E-state index contributed by atoms with van der Waals surface area (Å²) in [6, 6.07) is 8.99. The van der Waals surface area contributed by atoms with Crippen molar-refractivity contribution in [2.24, 2.45) is 0 Å². The van der Waals surface area contributed by atoms with Crippen molar-refractivity contribution >= 4 is 10.8 Å². The Balaban J connectivity index is 2.00. The monoisotopic (exact) mass is 457 g/mol. The first-order valence-corrected chi connectivity index (χ1v) is 10.5. The fraction of sp³-hybridized carbons (Fsp3) is 0.375. The zero-order chi connectivity index (χ0) is 23.4. The minimum absolute atomic E-state index is 0.0978. The SMILES string of the molecule is COCOCCn1c(-c2ccc3c(c2)OCO3)c(CCO)c2cc(OC)c(OC)cc2c1=O. The highest BCUT2D eigenvalue weighted by molar-refractivity contribution is 5.92. The van der Waals surface area contributed by atoms with Gasteiger partial charge in [0.05, 0.1) is 31.9 Å². The van der Waals surface area contributed by atoms with E-state index in [4.69, 9.17) is 28.4 Å². The predicted octanol–water partition coefficient (Wildman–Crippen LogP) is 2.57. The van der Waals surface area contributed by atoms with E-state index in [1.165, 1.54) is 7.11 Å². The van der Waals surface area contributed by atoms with E-state index < -0.39 is 0 Å². The van der Waals surface area contributed by atoms with Gasteiger partial charge >= 0.3 is 0 Å². The van der Waals surface area contributed by atoms with Gasteiger partial charge in [-0.1, -0.05) is 0 Å². The van der Waals surface area contributed by atoms with Gasteiger partial charge in [0, 0.05) is 25.8 Å². The molecule has 0 saturated carbocycles. The first-order valence-electron chi connectivity index (χ1n) is 10.5. The predicted molar refractivity (Wildman–Crippen MR) is 121 cm³/mol. The Bertz CT molecular complexity index is 1200. The van der Waals surface area contributed by atoms with Crippen molar-refractivity contribution in [3.63, 3.8) is 0 Å². The number of fused-ring (bicyclic) bond motifs is 2. The number of pyridine rings is 1. The molecule has 0 spiro atoms. The number of ether oxygens (including phenoxy) is 6. The lowest BCUT2D eigenvalue weighted by atomic mass is 9.96. The van der Waals surface area contributed by atoms with E-state index in [1.54, 1.807) is 30.9 Å². The highest BCUT2D eigenvalue weighted by Crippen LogP contribution is 2.39. The molecule has 3 aromatic rings. The molecule has 4 rings (SSSR count). The van der Waals surface area contributed by atoms with E-state index in [0.29, 0.717) is 45.9 Å². The van der Waals surface area contributed by atoms with Gasteiger partial charge in [-0.25, -0.2) is 0 Å². The van der Waals surface area contributed by atoms with Crippen LogP contribution in [0.15, 0.2) is 35.1 Å². The Kier molecular flexibility index (Phi) is 7.02. The van der Waals surface area contributed by atoms with Crippen LogP contribution in [0, 0.1) is 0 Å². The largest absolute Gasteiger partial charge is 0.493 e. The summed E-state index contributed by atoms with van der Waals surface area (Å²) < 4.78 is 34.0. The number of nitrogens with zero attached hydrogens (tertiary/aromatic N) is 1. The molecule has 2 heterocycles. The second-order valence-corrected chi connectivity index (χ2v) is 7.39. The van der Waals surface area contributed by atoms with Gasteiger partial charge in [0.2, 0.25) is 6.79 Å². The van der Waals surface area contributed by atoms with E-state index >= 15 is 0 Å². The van der Waals surface area contributed by atoms with Crippen LogP contribution < -0.4 is 24.5 Å². The molecule has 2 aromatic carbocycles. The number of rotatable bonds is 10. The smallest absolute Gasteiger partial charge is 0.259 e. The Labute approximate surface area is 191 Å². The summed E-state index contributed by atoms with van der Waals surface area (Å²) >= 11 is 0. The number of methoxy groups -OCH3 is 3. The van der Waals surface area contributed by atoms with Crippen molar-refractivity contribution in [1.29, 1.82) is 0 Å². The van der Waals surface area contributed by atoms with Crippen LogP contribution in [0.4, 0.5) is 0 Å². The van der Waals surface area contributed by atoms with Gasteiger partial charge in [-0.05, 0) is 47.7 Å². The topological polar surface area (TPSA) is 97.6 Å². The molecule has 1 aromatic heterocycles. The molecule has 1 aliphatic heterocycles. The molecule has 9 nitrogen and oxygen atoms in total. The van der Waals surface area contributed by atoms with Crippen LogP contribution in [-0.2, 0) is 22.4 Å². The fourth-order valence-electron chi connectivity index (χ4n) is 4.09. The lowest BCUT2D eigenvalue weighted by molar-refractivity contribution is -0.0330. The van der Waals surface area contributed by atoms with Crippen molar-refractivity contribution in [2.75, 3.05) is 48.1 Å². The van der Waals surface area contributed by atoms with Gasteiger partial charge in [-0.2, -0.15) is 0 Å². The summed E-state index contributed by atoms with van der Waals surface area (Å²) in [5, 5.41) is 11.1. The van der Waals surface area contributed by atoms with Crippen LogP contribution in [0.1, 0.15) is 5.56 Å². The standard InChI is InChI=1S/C24H27NO8/c1-28-13-31-9-7-25-23(15-4-5-19-22(10-15)33-14-32-19)16(6-8-26)17-11-20(29-2)21(30-3)12-18(17)24(25)27/h4-5,10-12,26H,6-9,13-14H2,1-3H3. The summed E-state index contributed by atoms with van der Waals surface area (Å²) in [6.07, 6.45) is 0.328. The lowest BCUT2D eigenvalue weighted by Gasteiger charge is -2.21. The Morgan fingerprint density at radius 3 is 2.42 bits per heavy atom. The Morgan fingerprint density at radius 2 is 1.73 bits per heavy atom. The number of aromatic nitrogens is 1. The molecule has 0 bridgehead atoms. The van der Waals surface area contributed by atoms with Crippen molar-refractivity contribution in [2.45, 2.75) is 13.0 Å². The van der Waals surface area contributed by atoms with Gasteiger partial charge < -0.3 is 38.1 Å². The molecule has 0 amide bonds. The molecule has 33 heavy (non-hydrogen) atoms. The van der Waals surface area contributed by atoms with Crippen LogP contribution in [-0.4, -0.2) is 57.8 Å². The minimum Gasteiger partial charge on any atom is -0.493 e. The fourth-order valence-corrected chi connectivity index (χ4v) is 4.09. The van der Waals surface area contributed by atoms with Crippen molar-refractivity contribution in [3.8, 4) is 34.3 Å². The first-order chi connectivity index (χ1) is 16.1. The first kappa shape index (κ1) is 22.9. The molecule has 0 aliphatic carbocycles. The van der Waals surface area contributed by atoms with Crippen LogP contribution in [0.2, 0.25) is 0 Å². The summed E-state index contributed by atoms with van der Waals surface area (Å²) in [6.45, 7) is 0.724. The molecular weight excluding hydrogens is 430 g/mol. The van der Waals surface area contributed by atoms with Crippen molar-refractivity contribution in [3.05, 3.63) is 46.2 Å². The molecule has 1 N–H and O–H groups in total. The maximum Gasteiger partial charge on any atom is 0.259 e. The van der Waals surface area contributed by atoms with Crippen LogP contribution >= 0.6 is 0 Å². The van der Waals surface area contributed by atoms with Gasteiger partial charge in [-0.3, -0.25) is 4.79 Å². The molecule has 9 heteroatoms. The zero-order valence-electron chi connectivity index (χ0n) is 18.9. The molecule has 176 valence electrons. The number of hydrogen-bond acceptors (Lipinski definition) is 8. The van der Waals surface area contributed by atoms with Crippen LogP contribution in [0.3, 0.4) is 0 Å². The molecule has 0 atom stereocenters. The van der Waals surface area contributed by atoms with Crippen molar-refractivity contribution in [1.82, 2.24) is 4.57 Å². The molecule has 1 aliphatic rings. The van der Waals surface area contributed by atoms with E-state index in [9.17, 15) is 9.90 Å². The number of benzene rings is 2. The van der Waals surface area contributed by atoms with Gasteiger partial charge in [-0.15, -0.1) is 0 Å². The summed E-state index contributed by atoms with van der Waals surface area (Å²) in [5.74, 6) is 2.20. The summed E-state index contributed by atoms with van der Waals surface area (Å²) in [4.78, 5) is 13.7. The molecule has 0 fully saturated rings. The quantitative estimate of drug-likeness (QED) is 0.367. The van der Waals surface area contributed by atoms with Gasteiger partial charge in [0.25, 0.3) is 5.56 Å². The second-order valence-electron chi connectivity index (χ2n) is 7.39. The second kappa shape index (κ2) is 10.1. The maximum atomic E-state index is 13.7. The van der Waals surface area contributed by atoms with Gasteiger partial charge in [0.15, 0.2) is 23.0 Å². The molecule has 0 unspecified atom stereocenters. The third-order valence-corrected chi connectivity index (χ3v) is 5.55. The Morgan fingerprint density at radius 1 is 1.00 bits per heavy atom. The van der Waals surface area contributed by atoms with E-state index in [0.717, 1.165) is 11.1 Å². The van der Waals surface area contributed by atoms with E-state index in [2.05, 4.69) is 0 Å². The Hall–Kier alpha value is -3.27. The van der Waals surface area contributed by atoms with Gasteiger partial charge in [0.1, 0.15) is 6.79 Å². The molecule has 0 saturated heterocycles. The summed E-state index contributed by atoms with van der Waals surface area (Å²) in [5.41, 5.74) is 2.04. The zero-order valence-corrected chi connectivity index (χ0v) is 18.9. The number of aliphatic hydroxyl groups is 1. The third-order valence-electron chi connectivity index (χ3n) is 5.55. The average Bonchev–Trinajstić information content (AvgIpc) is 3.31. The molecule has 0 radical (unpaired) electrons. The maximum absolute atomic E-state index is 13.7. The molecular formula is C24H27NO8. The van der Waals surface area contributed by atoms with Crippen LogP contribution in [0.5, 0.6) is 23.0 Å². The van der Waals surface area contributed by atoms with E-state index in [-0.39, 0.29) is 38.9 Å². The lowest BCUT2D eigenvalue weighted by Crippen LogP contribution is -2.26. The third kappa shape index (κ3) is 4.35.